The van der Waals surface area contributed by atoms with Gasteiger partial charge in [0.1, 0.15) is 0 Å². The minimum Gasteiger partial charge on any atom is -0.372 e. The number of nitrogens with zero attached hydrogens (tertiary/aromatic N) is 4. The molecule has 0 spiro atoms. The van der Waals surface area contributed by atoms with Crippen molar-refractivity contribution in [3.8, 4) is 0 Å². The van der Waals surface area contributed by atoms with Crippen LogP contribution in [-0.4, -0.2) is 44.8 Å². The number of piperidine rings is 1. The molecule has 0 saturated carbocycles. The number of ether oxygens (including phenoxy) is 1. The molecule has 1 aliphatic rings. The summed E-state index contributed by atoms with van der Waals surface area (Å²) in [6.07, 6.45) is 6.15. The smallest absolute Gasteiger partial charge is 0.224 e. The van der Waals surface area contributed by atoms with Crippen molar-refractivity contribution in [1.29, 1.82) is 0 Å². The summed E-state index contributed by atoms with van der Waals surface area (Å²) in [5.41, 5.74) is 4.46. The lowest BCUT2D eigenvalue weighted by Crippen LogP contribution is -2.43. The molecule has 3 heterocycles. The number of hydrogen-bond acceptors (Lipinski definition) is 4. The van der Waals surface area contributed by atoms with E-state index in [4.69, 9.17) is 4.74 Å². The quantitative estimate of drug-likeness (QED) is 0.798. The van der Waals surface area contributed by atoms with Gasteiger partial charge >= 0.3 is 0 Å². The minimum absolute atomic E-state index is 0.101. The van der Waals surface area contributed by atoms with Crippen LogP contribution in [0.2, 0.25) is 0 Å². The van der Waals surface area contributed by atoms with E-state index < -0.39 is 0 Å². The van der Waals surface area contributed by atoms with Gasteiger partial charge in [-0.3, -0.25) is 14.5 Å². The highest BCUT2D eigenvalue weighted by Gasteiger charge is 2.24. The Morgan fingerprint density at radius 3 is 2.88 bits per heavy atom. The van der Waals surface area contributed by atoms with Gasteiger partial charge in [-0.2, -0.15) is 5.10 Å². The summed E-state index contributed by atoms with van der Waals surface area (Å²) >= 11 is 0. The summed E-state index contributed by atoms with van der Waals surface area (Å²) < 4.78 is 7.95. The van der Waals surface area contributed by atoms with E-state index in [1.807, 2.05) is 34.8 Å². The first-order chi connectivity index (χ1) is 12.5. The van der Waals surface area contributed by atoms with E-state index in [0.29, 0.717) is 26.1 Å². The molecule has 6 heteroatoms. The molecule has 1 fully saturated rings. The van der Waals surface area contributed by atoms with E-state index in [2.05, 4.69) is 23.9 Å². The molecular formula is C20H28N4O2. The van der Waals surface area contributed by atoms with Crippen molar-refractivity contribution < 1.29 is 9.53 Å². The number of hydrogen-bond donors (Lipinski definition) is 0. The number of aromatic nitrogens is 3. The van der Waals surface area contributed by atoms with E-state index in [9.17, 15) is 4.79 Å². The van der Waals surface area contributed by atoms with Gasteiger partial charge in [-0.05, 0) is 50.8 Å². The molecule has 0 aliphatic carbocycles. The molecule has 2 aromatic heterocycles. The Hall–Kier alpha value is -2.21. The molecule has 1 amide bonds. The molecule has 1 aliphatic heterocycles. The lowest BCUT2D eigenvalue weighted by atomic mass is 10.1. The molecule has 6 nitrogen and oxygen atoms in total. The van der Waals surface area contributed by atoms with E-state index >= 15 is 0 Å². The maximum atomic E-state index is 12.6. The maximum absolute atomic E-state index is 12.6. The second-order valence-electron chi connectivity index (χ2n) is 7.05. The normalized spacial score (nSPS) is 17.5. The van der Waals surface area contributed by atoms with Crippen LogP contribution in [0.3, 0.4) is 0 Å². The average molecular weight is 356 g/mol. The van der Waals surface area contributed by atoms with Gasteiger partial charge in [0.2, 0.25) is 5.91 Å². The summed E-state index contributed by atoms with van der Waals surface area (Å²) in [7, 11) is 0. The van der Waals surface area contributed by atoms with E-state index in [1.54, 1.807) is 6.20 Å². The van der Waals surface area contributed by atoms with Crippen molar-refractivity contribution in [3.05, 3.63) is 47.0 Å². The van der Waals surface area contributed by atoms with Crippen LogP contribution >= 0.6 is 0 Å². The molecule has 0 bridgehead atoms. The van der Waals surface area contributed by atoms with Crippen LogP contribution in [0.15, 0.2) is 24.5 Å². The largest absolute Gasteiger partial charge is 0.372 e. The predicted octanol–water partition coefficient (Wildman–Crippen LogP) is 2.80. The molecule has 3 rings (SSSR count). The summed E-state index contributed by atoms with van der Waals surface area (Å²) in [6, 6.07) is 3.92. The highest BCUT2D eigenvalue weighted by molar-refractivity contribution is 5.76. The number of aryl methyl sites for hydroxylation is 2. The zero-order valence-electron chi connectivity index (χ0n) is 15.9. The Kier molecular flexibility index (Phi) is 6.04. The molecule has 0 N–H and O–H groups in total. The summed E-state index contributed by atoms with van der Waals surface area (Å²) in [5.74, 6) is 0.185. The van der Waals surface area contributed by atoms with Gasteiger partial charge in [0, 0.05) is 44.1 Å². The molecule has 0 radical (unpaired) electrons. The van der Waals surface area contributed by atoms with Crippen LogP contribution in [0, 0.1) is 20.8 Å². The zero-order chi connectivity index (χ0) is 18.5. The van der Waals surface area contributed by atoms with Crippen molar-refractivity contribution >= 4 is 5.91 Å². The molecule has 1 saturated heterocycles. The lowest BCUT2D eigenvalue weighted by Gasteiger charge is -2.32. The molecule has 2 aromatic rings. The van der Waals surface area contributed by atoms with E-state index in [1.165, 1.54) is 5.56 Å². The third-order valence-electron chi connectivity index (χ3n) is 5.22. The second kappa shape index (κ2) is 8.45. The van der Waals surface area contributed by atoms with Crippen molar-refractivity contribution in [1.82, 2.24) is 19.7 Å². The van der Waals surface area contributed by atoms with Gasteiger partial charge in [-0.1, -0.05) is 6.07 Å². The van der Waals surface area contributed by atoms with Gasteiger partial charge in [-0.15, -0.1) is 0 Å². The summed E-state index contributed by atoms with van der Waals surface area (Å²) in [5, 5.41) is 4.52. The van der Waals surface area contributed by atoms with Gasteiger partial charge in [0.15, 0.2) is 0 Å². The van der Waals surface area contributed by atoms with Crippen LogP contribution in [0.25, 0.3) is 0 Å². The second-order valence-corrected chi connectivity index (χ2v) is 7.05. The highest BCUT2D eigenvalue weighted by atomic mass is 16.5. The molecule has 0 aromatic carbocycles. The van der Waals surface area contributed by atoms with Gasteiger partial charge < -0.3 is 9.64 Å². The molecule has 0 unspecified atom stereocenters. The Labute approximate surface area is 155 Å². The number of amides is 1. The third-order valence-corrected chi connectivity index (χ3v) is 5.22. The number of carbonyl (C=O) groups is 1. The Bertz CT molecular complexity index is 742. The lowest BCUT2D eigenvalue weighted by molar-refractivity contribution is -0.135. The Morgan fingerprint density at radius 1 is 1.35 bits per heavy atom. The van der Waals surface area contributed by atoms with Crippen LogP contribution < -0.4 is 0 Å². The number of carbonyl (C=O) groups excluding carboxylic acids is 1. The molecule has 1 atom stereocenters. The van der Waals surface area contributed by atoms with Crippen LogP contribution in [-0.2, 0) is 22.7 Å². The first kappa shape index (κ1) is 18.6. The van der Waals surface area contributed by atoms with Crippen LogP contribution in [0.1, 0.15) is 41.8 Å². The fraction of sp³-hybridized carbons (Fsp3) is 0.550. The van der Waals surface area contributed by atoms with Crippen molar-refractivity contribution in [2.75, 3.05) is 13.1 Å². The van der Waals surface area contributed by atoms with Crippen molar-refractivity contribution in [2.45, 2.75) is 59.3 Å². The SMILES string of the molecule is Cc1nn(CCC(=O)N2CCC[C@H](OCc3cccnc3)C2)c(C)c1C. The first-order valence-electron chi connectivity index (χ1n) is 9.33. The Morgan fingerprint density at radius 2 is 2.19 bits per heavy atom. The Balaban J connectivity index is 1.48. The van der Waals surface area contributed by atoms with Crippen molar-refractivity contribution in [3.63, 3.8) is 0 Å². The topological polar surface area (TPSA) is 60.2 Å². The number of rotatable bonds is 6. The van der Waals surface area contributed by atoms with Gasteiger partial charge in [0.25, 0.3) is 0 Å². The highest BCUT2D eigenvalue weighted by Crippen LogP contribution is 2.17. The molecule has 140 valence electrons. The summed E-state index contributed by atoms with van der Waals surface area (Å²) in [6.45, 7) is 8.82. The minimum atomic E-state index is 0.101. The van der Waals surface area contributed by atoms with Crippen molar-refractivity contribution in [2.24, 2.45) is 0 Å². The van der Waals surface area contributed by atoms with Gasteiger partial charge in [0.05, 0.1) is 18.4 Å². The monoisotopic (exact) mass is 356 g/mol. The first-order valence-corrected chi connectivity index (χ1v) is 9.33. The van der Waals surface area contributed by atoms with Crippen LogP contribution in [0.5, 0.6) is 0 Å². The van der Waals surface area contributed by atoms with Crippen LogP contribution in [0.4, 0.5) is 0 Å². The molecule has 26 heavy (non-hydrogen) atoms. The zero-order valence-corrected chi connectivity index (χ0v) is 15.9. The molecular weight excluding hydrogens is 328 g/mol. The predicted molar refractivity (Wildman–Crippen MR) is 99.7 cm³/mol. The average Bonchev–Trinajstić information content (AvgIpc) is 2.92. The van der Waals surface area contributed by atoms with E-state index in [0.717, 1.165) is 36.3 Å². The van der Waals surface area contributed by atoms with Gasteiger partial charge in [-0.25, -0.2) is 0 Å². The third kappa shape index (κ3) is 4.49. The fourth-order valence-electron chi connectivity index (χ4n) is 3.36. The van der Waals surface area contributed by atoms with E-state index in [-0.39, 0.29) is 12.0 Å². The number of likely N-dealkylation sites (tertiary alicyclic amines) is 1. The maximum Gasteiger partial charge on any atom is 0.224 e. The fourth-order valence-corrected chi connectivity index (χ4v) is 3.36. The summed E-state index contributed by atoms with van der Waals surface area (Å²) in [4.78, 5) is 18.7. The number of pyridine rings is 1. The standard InChI is InChI=1S/C20H28N4O2/c1-15-16(2)22-24(17(15)3)11-8-20(25)23-10-5-7-19(13-23)26-14-18-6-4-9-21-12-18/h4,6,9,12,19H,5,7-8,10-11,13-14H2,1-3H3/t19-/m0/s1.